The third kappa shape index (κ3) is 4.13. The number of nitrogens with zero attached hydrogens (tertiary/aromatic N) is 1. The van der Waals surface area contributed by atoms with Crippen LogP contribution in [0.15, 0.2) is 47.0 Å². The van der Waals surface area contributed by atoms with Gasteiger partial charge in [-0.1, -0.05) is 43.6 Å². The van der Waals surface area contributed by atoms with Gasteiger partial charge in [-0.2, -0.15) is 0 Å². The fraction of sp³-hybridized carbons (Fsp3) is 0.381. The van der Waals surface area contributed by atoms with Crippen molar-refractivity contribution >= 4 is 11.0 Å². The molecular weight excluding hydrogens is 314 g/mol. The minimum absolute atomic E-state index is 0.615. The number of ether oxygens (including phenoxy) is 2. The van der Waals surface area contributed by atoms with Crippen molar-refractivity contribution in [3.8, 4) is 11.5 Å². The Bertz CT molecular complexity index is 796. The first kappa shape index (κ1) is 17.3. The van der Waals surface area contributed by atoms with Gasteiger partial charge in [0.15, 0.2) is 5.58 Å². The quantitative estimate of drug-likeness (QED) is 0.503. The third-order valence-corrected chi connectivity index (χ3v) is 4.17. The molecule has 3 aromatic rings. The second-order valence-electron chi connectivity index (χ2n) is 6.02. The average molecular weight is 339 g/mol. The predicted molar refractivity (Wildman–Crippen MR) is 99.4 cm³/mol. The van der Waals surface area contributed by atoms with Crippen LogP contribution in [0.2, 0.25) is 0 Å². The minimum Gasteiger partial charge on any atom is -0.493 e. The van der Waals surface area contributed by atoms with Gasteiger partial charge >= 0.3 is 0 Å². The zero-order valence-corrected chi connectivity index (χ0v) is 15.0. The molecule has 0 aliphatic rings. The largest absolute Gasteiger partial charge is 0.493 e. The van der Waals surface area contributed by atoms with Crippen LogP contribution in [0.1, 0.15) is 37.9 Å². The van der Waals surface area contributed by atoms with Crippen LogP contribution in [0, 0.1) is 0 Å². The summed E-state index contributed by atoms with van der Waals surface area (Å²) < 4.78 is 17.3. The molecule has 0 spiro atoms. The minimum atomic E-state index is 0.615. The van der Waals surface area contributed by atoms with E-state index in [1.165, 1.54) is 0 Å². The van der Waals surface area contributed by atoms with E-state index in [1.807, 2.05) is 36.4 Å². The van der Waals surface area contributed by atoms with Crippen LogP contribution in [0.4, 0.5) is 0 Å². The lowest BCUT2D eigenvalue weighted by molar-refractivity contribution is 0.246. The second kappa shape index (κ2) is 8.56. The van der Waals surface area contributed by atoms with Gasteiger partial charge in [0.05, 0.1) is 18.9 Å². The molecule has 1 heterocycles. The smallest absolute Gasteiger partial charge is 0.174 e. The number of hydrogen-bond donors (Lipinski definition) is 0. The summed E-state index contributed by atoms with van der Waals surface area (Å²) in [5.74, 6) is 1.79. The lowest BCUT2D eigenvalue weighted by Crippen LogP contribution is -2.06. The highest BCUT2D eigenvalue weighted by Gasteiger charge is 2.15. The Morgan fingerprint density at radius 3 is 2.52 bits per heavy atom. The molecule has 0 saturated heterocycles. The Morgan fingerprint density at radius 1 is 0.960 bits per heavy atom. The van der Waals surface area contributed by atoms with Crippen LogP contribution in [-0.4, -0.2) is 18.4 Å². The van der Waals surface area contributed by atoms with Gasteiger partial charge < -0.3 is 14.0 Å². The first-order chi connectivity index (χ1) is 12.3. The molecule has 0 radical (unpaired) electrons. The maximum atomic E-state index is 6.01. The molecule has 0 aliphatic carbocycles. The van der Waals surface area contributed by atoms with Crippen molar-refractivity contribution < 1.29 is 14.0 Å². The number of para-hydroxylation sites is 1. The Labute approximate surface area is 148 Å². The van der Waals surface area contributed by atoms with Crippen LogP contribution in [0.5, 0.6) is 11.5 Å². The Hall–Kier alpha value is -2.49. The number of rotatable bonds is 9. The molecule has 3 rings (SSSR count). The molecule has 0 fully saturated rings. The van der Waals surface area contributed by atoms with E-state index >= 15 is 0 Å². The lowest BCUT2D eigenvalue weighted by atomic mass is 10.0. The van der Waals surface area contributed by atoms with E-state index in [2.05, 4.69) is 25.1 Å². The molecule has 4 heteroatoms. The van der Waals surface area contributed by atoms with Crippen molar-refractivity contribution in [3.63, 3.8) is 0 Å². The summed E-state index contributed by atoms with van der Waals surface area (Å²) in [6, 6.07) is 13.9. The van der Waals surface area contributed by atoms with E-state index in [9.17, 15) is 0 Å². The van der Waals surface area contributed by atoms with Gasteiger partial charge in [-0.3, -0.25) is 0 Å². The van der Waals surface area contributed by atoms with Crippen LogP contribution < -0.4 is 9.47 Å². The zero-order valence-electron chi connectivity index (χ0n) is 15.0. The summed E-state index contributed by atoms with van der Waals surface area (Å²) >= 11 is 0. The fourth-order valence-electron chi connectivity index (χ4n) is 2.92. The monoisotopic (exact) mass is 339 g/mol. The van der Waals surface area contributed by atoms with E-state index in [0.29, 0.717) is 13.2 Å². The molecule has 4 nitrogen and oxygen atoms in total. The maximum Gasteiger partial charge on any atom is 0.174 e. The molecule has 0 saturated carbocycles. The highest BCUT2D eigenvalue weighted by Crippen LogP contribution is 2.31. The molecular formula is C21H25NO3. The van der Waals surface area contributed by atoms with Crippen molar-refractivity contribution in [3.05, 3.63) is 53.7 Å². The molecule has 0 aliphatic heterocycles. The Kier molecular flexibility index (Phi) is 5.94. The predicted octanol–water partition coefficient (Wildman–Crippen LogP) is 5.19. The first-order valence-corrected chi connectivity index (χ1v) is 9.04. The molecule has 25 heavy (non-hydrogen) atoms. The summed E-state index contributed by atoms with van der Waals surface area (Å²) in [5, 5.41) is 5.29. The lowest BCUT2D eigenvalue weighted by Gasteiger charge is -2.12. The van der Waals surface area contributed by atoms with Gasteiger partial charge in [0.25, 0.3) is 0 Å². The summed E-state index contributed by atoms with van der Waals surface area (Å²) in [7, 11) is 0. The van der Waals surface area contributed by atoms with Gasteiger partial charge in [-0.05, 0) is 37.1 Å². The van der Waals surface area contributed by atoms with Crippen LogP contribution in [-0.2, 0) is 12.8 Å². The van der Waals surface area contributed by atoms with Crippen molar-refractivity contribution in [2.75, 3.05) is 13.2 Å². The number of benzene rings is 2. The topological polar surface area (TPSA) is 44.5 Å². The molecule has 0 N–H and O–H groups in total. The number of fused-ring (bicyclic) bond motifs is 1. The number of hydrogen-bond acceptors (Lipinski definition) is 4. The molecule has 1 aromatic heterocycles. The van der Waals surface area contributed by atoms with Crippen molar-refractivity contribution in [2.45, 2.75) is 39.5 Å². The van der Waals surface area contributed by atoms with Crippen molar-refractivity contribution in [1.82, 2.24) is 5.16 Å². The fourth-order valence-corrected chi connectivity index (χ4v) is 2.92. The molecule has 0 bridgehead atoms. The van der Waals surface area contributed by atoms with Crippen molar-refractivity contribution in [1.29, 1.82) is 0 Å². The molecule has 2 aromatic carbocycles. The molecule has 0 atom stereocenters. The van der Waals surface area contributed by atoms with E-state index in [1.54, 1.807) is 0 Å². The zero-order chi connectivity index (χ0) is 17.5. The van der Waals surface area contributed by atoms with E-state index < -0.39 is 0 Å². The second-order valence-corrected chi connectivity index (χ2v) is 6.02. The SMILES string of the molecule is CCCc1c(OCCCOc2ccccc2)ccc2c(CC)noc12. The highest BCUT2D eigenvalue weighted by atomic mass is 16.5. The number of aromatic nitrogens is 1. The number of aryl methyl sites for hydroxylation is 2. The Morgan fingerprint density at radius 2 is 1.76 bits per heavy atom. The van der Waals surface area contributed by atoms with Gasteiger partial charge in [-0.15, -0.1) is 0 Å². The molecule has 132 valence electrons. The van der Waals surface area contributed by atoms with Gasteiger partial charge in [0.2, 0.25) is 0 Å². The van der Waals surface area contributed by atoms with Crippen LogP contribution >= 0.6 is 0 Å². The maximum absolute atomic E-state index is 6.01. The Balaban J connectivity index is 1.61. The van der Waals surface area contributed by atoms with E-state index in [-0.39, 0.29) is 0 Å². The van der Waals surface area contributed by atoms with Gasteiger partial charge in [0, 0.05) is 17.4 Å². The summed E-state index contributed by atoms with van der Waals surface area (Å²) in [6.07, 6.45) is 3.66. The summed E-state index contributed by atoms with van der Waals surface area (Å²) in [6.45, 7) is 5.50. The normalized spacial score (nSPS) is 11.0. The third-order valence-electron chi connectivity index (χ3n) is 4.17. The first-order valence-electron chi connectivity index (χ1n) is 9.04. The highest BCUT2D eigenvalue weighted by molar-refractivity contribution is 5.84. The van der Waals surface area contributed by atoms with E-state index in [0.717, 1.165) is 59.4 Å². The van der Waals surface area contributed by atoms with Gasteiger partial charge in [0.1, 0.15) is 11.5 Å². The molecule has 0 unspecified atom stereocenters. The van der Waals surface area contributed by atoms with Gasteiger partial charge in [-0.25, -0.2) is 0 Å². The molecule has 0 amide bonds. The average Bonchev–Trinajstić information content (AvgIpc) is 3.07. The van der Waals surface area contributed by atoms with Crippen LogP contribution in [0.3, 0.4) is 0 Å². The van der Waals surface area contributed by atoms with Crippen LogP contribution in [0.25, 0.3) is 11.0 Å². The standard InChI is InChI=1S/C21H25NO3/c1-3-9-18-20(13-12-17-19(4-2)22-25-21(17)18)24-15-8-14-23-16-10-6-5-7-11-16/h5-7,10-13H,3-4,8-9,14-15H2,1-2H3. The van der Waals surface area contributed by atoms with E-state index in [4.69, 9.17) is 14.0 Å². The van der Waals surface area contributed by atoms with Crippen molar-refractivity contribution in [2.24, 2.45) is 0 Å². The summed E-state index contributed by atoms with van der Waals surface area (Å²) in [4.78, 5) is 0. The summed E-state index contributed by atoms with van der Waals surface area (Å²) in [5.41, 5.74) is 3.00.